The third kappa shape index (κ3) is 4.34. The maximum absolute atomic E-state index is 5.74. The minimum atomic E-state index is 0.701. The summed E-state index contributed by atoms with van der Waals surface area (Å²) >= 11 is 1.51. The van der Waals surface area contributed by atoms with Crippen molar-refractivity contribution in [1.82, 2.24) is 4.90 Å². The molecule has 1 aliphatic rings. The molecule has 0 aliphatic carbocycles. The van der Waals surface area contributed by atoms with E-state index in [1.54, 1.807) is 0 Å². The van der Waals surface area contributed by atoms with E-state index in [-0.39, 0.29) is 0 Å². The molecule has 0 aromatic heterocycles. The van der Waals surface area contributed by atoms with E-state index in [1.807, 2.05) is 0 Å². The topological polar surface area (TPSA) is 12.5 Å². The van der Waals surface area contributed by atoms with Crippen LogP contribution in [0.15, 0.2) is 29.2 Å². The van der Waals surface area contributed by atoms with Gasteiger partial charge in [-0.25, -0.2) is 0 Å². The number of nitrogens with zero attached hydrogens (tertiary/aromatic N) is 1. The van der Waals surface area contributed by atoms with Crippen LogP contribution in [-0.2, 0) is 4.18 Å². The van der Waals surface area contributed by atoms with Crippen LogP contribution in [0.2, 0.25) is 0 Å². The molecule has 1 aromatic carbocycles. The normalized spacial score (nSPS) is 21.6. The van der Waals surface area contributed by atoms with Gasteiger partial charge in [-0.3, -0.25) is 0 Å². The average molecular weight is 251 g/mol. The molecule has 1 heterocycles. The van der Waals surface area contributed by atoms with Crippen molar-refractivity contribution in [2.45, 2.75) is 24.7 Å². The standard InChI is InChI=1S/C14H21NOS/c1-12-5-7-14(8-6-12)17-16-11-13-4-3-9-15(2)10-13/h5-8,13H,3-4,9-11H2,1-2H3. The summed E-state index contributed by atoms with van der Waals surface area (Å²) in [6.07, 6.45) is 2.61. The fraction of sp³-hybridized carbons (Fsp3) is 0.571. The van der Waals surface area contributed by atoms with Gasteiger partial charge in [-0.15, -0.1) is 0 Å². The van der Waals surface area contributed by atoms with Crippen LogP contribution in [0.3, 0.4) is 0 Å². The molecule has 1 unspecified atom stereocenters. The molecule has 1 atom stereocenters. The molecule has 0 N–H and O–H groups in total. The van der Waals surface area contributed by atoms with Gasteiger partial charge in [0.05, 0.1) is 6.61 Å². The number of hydrogen-bond donors (Lipinski definition) is 0. The molecule has 0 saturated carbocycles. The van der Waals surface area contributed by atoms with Crippen LogP contribution in [-0.4, -0.2) is 31.6 Å². The number of rotatable bonds is 4. The van der Waals surface area contributed by atoms with Crippen LogP contribution >= 0.6 is 12.0 Å². The summed E-state index contributed by atoms with van der Waals surface area (Å²) in [4.78, 5) is 3.59. The van der Waals surface area contributed by atoms with Crippen molar-refractivity contribution < 1.29 is 4.18 Å². The average Bonchev–Trinajstić information content (AvgIpc) is 2.32. The molecule has 1 saturated heterocycles. The molecule has 1 fully saturated rings. The zero-order valence-electron chi connectivity index (χ0n) is 10.7. The summed E-state index contributed by atoms with van der Waals surface area (Å²) in [7, 11) is 2.19. The lowest BCUT2D eigenvalue weighted by Gasteiger charge is -2.29. The second-order valence-electron chi connectivity index (χ2n) is 4.95. The minimum absolute atomic E-state index is 0.701. The highest BCUT2D eigenvalue weighted by atomic mass is 32.2. The molecule has 1 aliphatic heterocycles. The van der Waals surface area contributed by atoms with Gasteiger partial charge < -0.3 is 9.08 Å². The van der Waals surface area contributed by atoms with Gasteiger partial charge in [0.25, 0.3) is 0 Å². The Morgan fingerprint density at radius 2 is 2.12 bits per heavy atom. The van der Waals surface area contributed by atoms with Crippen molar-refractivity contribution in [2.75, 3.05) is 26.7 Å². The summed E-state index contributed by atoms with van der Waals surface area (Å²) in [5, 5.41) is 0. The predicted octanol–water partition coefficient (Wildman–Crippen LogP) is 3.36. The fourth-order valence-electron chi connectivity index (χ4n) is 2.20. The molecule has 3 heteroatoms. The predicted molar refractivity (Wildman–Crippen MR) is 73.2 cm³/mol. The Morgan fingerprint density at radius 3 is 2.82 bits per heavy atom. The zero-order valence-corrected chi connectivity index (χ0v) is 11.5. The third-order valence-corrected chi connectivity index (χ3v) is 3.92. The van der Waals surface area contributed by atoms with Crippen LogP contribution in [0.25, 0.3) is 0 Å². The largest absolute Gasteiger partial charge is 0.310 e. The van der Waals surface area contributed by atoms with E-state index >= 15 is 0 Å². The maximum atomic E-state index is 5.74. The van der Waals surface area contributed by atoms with E-state index in [0.29, 0.717) is 5.92 Å². The Bertz CT molecular complexity index is 339. The Kier molecular flexibility index (Phi) is 4.89. The molecule has 2 rings (SSSR count). The van der Waals surface area contributed by atoms with Crippen LogP contribution in [0, 0.1) is 12.8 Å². The molecule has 17 heavy (non-hydrogen) atoms. The smallest absolute Gasteiger partial charge is 0.0658 e. The molecule has 0 amide bonds. The van der Waals surface area contributed by atoms with Crippen molar-refractivity contribution >= 4 is 12.0 Å². The van der Waals surface area contributed by atoms with E-state index < -0.39 is 0 Å². The summed E-state index contributed by atoms with van der Waals surface area (Å²) in [5.41, 5.74) is 1.29. The van der Waals surface area contributed by atoms with Crippen molar-refractivity contribution in [3.63, 3.8) is 0 Å². The second kappa shape index (κ2) is 6.43. The van der Waals surface area contributed by atoms with E-state index in [9.17, 15) is 0 Å². The van der Waals surface area contributed by atoms with E-state index in [1.165, 1.54) is 48.4 Å². The molecule has 0 bridgehead atoms. The van der Waals surface area contributed by atoms with Gasteiger partial charge in [-0.05, 0) is 51.4 Å². The van der Waals surface area contributed by atoms with Gasteiger partial charge >= 0.3 is 0 Å². The number of aryl methyl sites for hydroxylation is 1. The Balaban J connectivity index is 1.70. The van der Waals surface area contributed by atoms with Crippen molar-refractivity contribution in [1.29, 1.82) is 0 Å². The van der Waals surface area contributed by atoms with Crippen LogP contribution in [0.5, 0.6) is 0 Å². The summed E-state index contributed by atoms with van der Waals surface area (Å²) < 4.78 is 5.74. The first-order valence-corrected chi connectivity index (χ1v) is 7.03. The van der Waals surface area contributed by atoms with Gasteiger partial charge in [-0.1, -0.05) is 17.7 Å². The first kappa shape index (κ1) is 12.9. The van der Waals surface area contributed by atoms with Crippen LogP contribution in [0.1, 0.15) is 18.4 Å². The van der Waals surface area contributed by atoms with Gasteiger partial charge in [-0.2, -0.15) is 0 Å². The highest BCUT2D eigenvalue weighted by Gasteiger charge is 2.17. The number of likely N-dealkylation sites (tertiary alicyclic amines) is 1. The molecular formula is C14H21NOS. The molecule has 2 nitrogen and oxygen atoms in total. The summed E-state index contributed by atoms with van der Waals surface area (Å²) in [6.45, 7) is 5.38. The maximum Gasteiger partial charge on any atom is 0.0658 e. The minimum Gasteiger partial charge on any atom is -0.310 e. The van der Waals surface area contributed by atoms with Crippen LogP contribution < -0.4 is 0 Å². The first-order chi connectivity index (χ1) is 8.24. The molecular weight excluding hydrogens is 230 g/mol. The fourth-order valence-corrected chi connectivity index (χ4v) is 2.85. The number of benzene rings is 1. The van der Waals surface area contributed by atoms with Crippen molar-refractivity contribution in [3.8, 4) is 0 Å². The lowest BCUT2D eigenvalue weighted by Crippen LogP contribution is -2.33. The Labute approximate surface area is 109 Å². The molecule has 94 valence electrons. The monoisotopic (exact) mass is 251 g/mol. The van der Waals surface area contributed by atoms with Gasteiger partial charge in [0.2, 0.25) is 0 Å². The van der Waals surface area contributed by atoms with Gasteiger partial charge in [0, 0.05) is 23.5 Å². The SMILES string of the molecule is Cc1ccc(SOCC2CCCN(C)C2)cc1. The Hall–Kier alpha value is -0.510. The van der Waals surface area contributed by atoms with E-state index in [0.717, 1.165) is 6.61 Å². The van der Waals surface area contributed by atoms with E-state index in [2.05, 4.69) is 43.1 Å². The van der Waals surface area contributed by atoms with Gasteiger partial charge in [0.1, 0.15) is 0 Å². The second-order valence-corrected chi connectivity index (χ2v) is 5.83. The van der Waals surface area contributed by atoms with Crippen molar-refractivity contribution in [2.24, 2.45) is 5.92 Å². The van der Waals surface area contributed by atoms with Gasteiger partial charge in [0.15, 0.2) is 0 Å². The molecule has 0 radical (unpaired) electrons. The van der Waals surface area contributed by atoms with E-state index in [4.69, 9.17) is 4.18 Å². The number of hydrogen-bond acceptors (Lipinski definition) is 3. The Morgan fingerprint density at radius 1 is 1.35 bits per heavy atom. The van der Waals surface area contributed by atoms with Crippen LogP contribution in [0.4, 0.5) is 0 Å². The van der Waals surface area contributed by atoms with Crippen molar-refractivity contribution in [3.05, 3.63) is 29.8 Å². The molecule has 1 aromatic rings. The summed E-state index contributed by atoms with van der Waals surface area (Å²) in [6, 6.07) is 8.49. The lowest BCUT2D eigenvalue weighted by molar-refractivity contribution is 0.162. The third-order valence-electron chi connectivity index (χ3n) is 3.20. The first-order valence-electron chi connectivity index (χ1n) is 6.29. The number of piperidine rings is 1. The highest BCUT2D eigenvalue weighted by molar-refractivity contribution is 7.94. The lowest BCUT2D eigenvalue weighted by atomic mass is 10.00. The summed E-state index contributed by atoms with van der Waals surface area (Å²) in [5.74, 6) is 0.701. The zero-order chi connectivity index (χ0) is 12.1. The quantitative estimate of drug-likeness (QED) is 0.761. The molecule has 0 spiro atoms. The highest BCUT2D eigenvalue weighted by Crippen LogP contribution is 2.22.